The van der Waals surface area contributed by atoms with E-state index in [0.717, 1.165) is 5.75 Å². The van der Waals surface area contributed by atoms with E-state index in [4.69, 9.17) is 9.47 Å². The van der Waals surface area contributed by atoms with E-state index in [1.807, 2.05) is 18.2 Å². The van der Waals surface area contributed by atoms with E-state index in [-0.39, 0.29) is 5.91 Å². The molecule has 0 atom stereocenters. The average Bonchev–Trinajstić information content (AvgIpc) is 2.58. The van der Waals surface area contributed by atoms with Crippen LogP contribution in [0.4, 0.5) is 0 Å². The van der Waals surface area contributed by atoms with Gasteiger partial charge < -0.3 is 14.8 Å². The minimum Gasteiger partial charge on any atom is -0.497 e. The van der Waals surface area contributed by atoms with Gasteiger partial charge in [0.15, 0.2) is 0 Å². The largest absolute Gasteiger partial charge is 0.497 e. The molecule has 0 aliphatic heterocycles. The molecule has 2 rings (SSSR count). The fourth-order valence-electron chi connectivity index (χ4n) is 1.94. The lowest BCUT2D eigenvalue weighted by molar-refractivity contribution is 0.0953. The van der Waals surface area contributed by atoms with Crippen molar-refractivity contribution in [2.24, 2.45) is 0 Å². The summed E-state index contributed by atoms with van der Waals surface area (Å²) in [5, 5.41) is 2.90. The van der Waals surface area contributed by atoms with Gasteiger partial charge in [-0.1, -0.05) is 18.2 Å². The summed E-state index contributed by atoms with van der Waals surface area (Å²) >= 11 is 1.70. The normalized spacial score (nSPS) is 10.1. The quantitative estimate of drug-likeness (QED) is 0.629. The Balaban J connectivity index is 1.89. The molecule has 0 aromatic heterocycles. The zero-order valence-electron chi connectivity index (χ0n) is 12.7. The zero-order valence-corrected chi connectivity index (χ0v) is 13.5. The van der Waals surface area contributed by atoms with Crippen molar-refractivity contribution in [1.82, 2.24) is 5.32 Å². The van der Waals surface area contributed by atoms with Crippen LogP contribution in [-0.2, 0) is 0 Å². The average molecular weight is 317 g/mol. The van der Waals surface area contributed by atoms with Gasteiger partial charge in [-0.05, 0) is 30.3 Å². The molecular formula is C17H19NO3S. The van der Waals surface area contributed by atoms with Crippen LogP contribution < -0.4 is 14.8 Å². The van der Waals surface area contributed by atoms with Crippen LogP contribution in [0.5, 0.6) is 11.5 Å². The van der Waals surface area contributed by atoms with Crippen molar-refractivity contribution in [2.45, 2.75) is 4.90 Å². The highest BCUT2D eigenvalue weighted by Gasteiger charge is 2.13. The lowest BCUT2D eigenvalue weighted by Crippen LogP contribution is -2.26. The standard InChI is InChI=1S/C17H19NO3S/c1-20-13-8-9-16(21-2)15(12-13)17(19)18-10-11-22-14-6-4-3-5-7-14/h3-9,12H,10-11H2,1-2H3,(H,18,19). The minimum atomic E-state index is -0.163. The van der Waals surface area contributed by atoms with Crippen LogP contribution in [0.1, 0.15) is 10.4 Å². The number of amides is 1. The Bertz CT molecular complexity index is 617. The van der Waals surface area contributed by atoms with Crippen LogP contribution in [0.25, 0.3) is 0 Å². The molecule has 0 saturated heterocycles. The summed E-state index contributed by atoms with van der Waals surface area (Å²) in [6.45, 7) is 0.582. The maximum Gasteiger partial charge on any atom is 0.255 e. The molecule has 0 radical (unpaired) electrons. The molecule has 4 nitrogen and oxygen atoms in total. The zero-order chi connectivity index (χ0) is 15.8. The summed E-state index contributed by atoms with van der Waals surface area (Å²) in [7, 11) is 3.11. The Morgan fingerprint density at radius 3 is 2.55 bits per heavy atom. The van der Waals surface area contributed by atoms with Gasteiger partial charge in [0.05, 0.1) is 19.8 Å². The van der Waals surface area contributed by atoms with Crippen LogP contribution in [0.3, 0.4) is 0 Å². The Morgan fingerprint density at radius 2 is 1.86 bits per heavy atom. The second-order valence-electron chi connectivity index (χ2n) is 4.48. The molecule has 0 unspecified atom stereocenters. The van der Waals surface area contributed by atoms with Gasteiger partial charge in [-0.25, -0.2) is 0 Å². The number of thioether (sulfide) groups is 1. The van der Waals surface area contributed by atoms with Crippen LogP contribution >= 0.6 is 11.8 Å². The second kappa shape index (κ2) is 8.34. The summed E-state index contributed by atoms with van der Waals surface area (Å²) in [5.74, 6) is 1.81. The van der Waals surface area contributed by atoms with E-state index in [1.54, 1.807) is 44.2 Å². The van der Waals surface area contributed by atoms with E-state index < -0.39 is 0 Å². The third-order valence-corrected chi connectivity index (χ3v) is 4.06. The fourth-order valence-corrected chi connectivity index (χ4v) is 2.73. The third kappa shape index (κ3) is 4.43. The summed E-state index contributed by atoms with van der Waals surface area (Å²) in [4.78, 5) is 13.4. The molecule has 2 aromatic rings. The molecule has 1 amide bonds. The monoisotopic (exact) mass is 317 g/mol. The first-order valence-electron chi connectivity index (χ1n) is 6.92. The molecular weight excluding hydrogens is 298 g/mol. The van der Waals surface area contributed by atoms with Crippen molar-refractivity contribution in [3.8, 4) is 11.5 Å². The van der Waals surface area contributed by atoms with Gasteiger partial charge in [-0.3, -0.25) is 4.79 Å². The van der Waals surface area contributed by atoms with E-state index >= 15 is 0 Å². The number of ether oxygens (including phenoxy) is 2. The Hall–Kier alpha value is -2.14. The summed E-state index contributed by atoms with van der Waals surface area (Å²) in [6.07, 6.45) is 0. The molecule has 2 aromatic carbocycles. The van der Waals surface area contributed by atoms with Gasteiger partial charge in [-0.2, -0.15) is 0 Å². The SMILES string of the molecule is COc1ccc(OC)c(C(=O)NCCSc2ccccc2)c1. The molecule has 1 N–H and O–H groups in total. The second-order valence-corrected chi connectivity index (χ2v) is 5.65. The topological polar surface area (TPSA) is 47.6 Å². The molecule has 0 aliphatic carbocycles. The number of hydrogen-bond donors (Lipinski definition) is 1. The van der Waals surface area contributed by atoms with E-state index in [9.17, 15) is 4.79 Å². The van der Waals surface area contributed by atoms with E-state index in [0.29, 0.717) is 23.6 Å². The van der Waals surface area contributed by atoms with Crippen LogP contribution in [0.15, 0.2) is 53.4 Å². The van der Waals surface area contributed by atoms with E-state index in [2.05, 4.69) is 17.4 Å². The van der Waals surface area contributed by atoms with Gasteiger partial charge in [0.25, 0.3) is 5.91 Å². The number of carbonyl (C=O) groups is 1. The van der Waals surface area contributed by atoms with Gasteiger partial charge in [0.2, 0.25) is 0 Å². The fraction of sp³-hybridized carbons (Fsp3) is 0.235. The summed E-state index contributed by atoms with van der Waals surface area (Å²) in [6, 6.07) is 15.3. The maximum absolute atomic E-state index is 12.2. The van der Waals surface area contributed by atoms with E-state index in [1.165, 1.54) is 4.90 Å². The molecule has 0 spiro atoms. The Labute approximate surface area is 134 Å². The first-order chi connectivity index (χ1) is 10.7. The lowest BCUT2D eigenvalue weighted by atomic mass is 10.1. The van der Waals surface area contributed by atoms with Crippen LogP contribution in [0, 0.1) is 0 Å². The van der Waals surface area contributed by atoms with Crippen molar-refractivity contribution in [3.05, 3.63) is 54.1 Å². The number of nitrogens with one attached hydrogen (secondary N) is 1. The predicted octanol–water partition coefficient (Wildman–Crippen LogP) is 3.23. The van der Waals surface area contributed by atoms with Gasteiger partial charge >= 0.3 is 0 Å². The lowest BCUT2D eigenvalue weighted by Gasteiger charge is -2.10. The summed E-state index contributed by atoms with van der Waals surface area (Å²) < 4.78 is 10.4. The van der Waals surface area contributed by atoms with Crippen molar-refractivity contribution >= 4 is 17.7 Å². The van der Waals surface area contributed by atoms with Gasteiger partial charge in [0.1, 0.15) is 11.5 Å². The number of hydrogen-bond acceptors (Lipinski definition) is 4. The van der Waals surface area contributed by atoms with Crippen molar-refractivity contribution in [1.29, 1.82) is 0 Å². The highest BCUT2D eigenvalue weighted by atomic mass is 32.2. The van der Waals surface area contributed by atoms with Crippen molar-refractivity contribution < 1.29 is 14.3 Å². The minimum absolute atomic E-state index is 0.163. The highest BCUT2D eigenvalue weighted by molar-refractivity contribution is 7.99. The number of benzene rings is 2. The smallest absolute Gasteiger partial charge is 0.255 e. The van der Waals surface area contributed by atoms with Crippen molar-refractivity contribution in [2.75, 3.05) is 26.5 Å². The number of methoxy groups -OCH3 is 2. The highest BCUT2D eigenvalue weighted by Crippen LogP contribution is 2.23. The van der Waals surface area contributed by atoms with Gasteiger partial charge in [0, 0.05) is 17.2 Å². The molecule has 0 fully saturated rings. The molecule has 5 heteroatoms. The molecule has 0 aliphatic rings. The predicted molar refractivity (Wildman–Crippen MR) is 89.0 cm³/mol. The molecule has 116 valence electrons. The molecule has 0 heterocycles. The number of carbonyl (C=O) groups excluding carboxylic acids is 1. The van der Waals surface area contributed by atoms with Crippen LogP contribution in [-0.4, -0.2) is 32.4 Å². The molecule has 0 bridgehead atoms. The van der Waals surface area contributed by atoms with Crippen LogP contribution in [0.2, 0.25) is 0 Å². The third-order valence-electron chi connectivity index (χ3n) is 3.05. The molecule has 0 saturated carbocycles. The number of rotatable bonds is 7. The Kier molecular flexibility index (Phi) is 6.15. The Morgan fingerprint density at radius 1 is 1.09 bits per heavy atom. The maximum atomic E-state index is 12.2. The van der Waals surface area contributed by atoms with Crippen molar-refractivity contribution in [3.63, 3.8) is 0 Å². The first-order valence-corrected chi connectivity index (χ1v) is 7.91. The first kappa shape index (κ1) is 16.2. The summed E-state index contributed by atoms with van der Waals surface area (Å²) in [5.41, 5.74) is 0.478. The van der Waals surface area contributed by atoms with Gasteiger partial charge in [-0.15, -0.1) is 11.8 Å². The molecule has 22 heavy (non-hydrogen) atoms.